The molecule has 1 heterocycles. The van der Waals surface area contributed by atoms with Gasteiger partial charge < -0.3 is 15.4 Å². The standard InChI is InChI=1S/C11H21N3O2/c1-5-8(2)11(3)9(12)13-10(15)14(11)6-7-16-4/h8H,5-7H2,1-4H3,(H2,12,13,15). The highest BCUT2D eigenvalue weighted by molar-refractivity contribution is 6.05. The summed E-state index contributed by atoms with van der Waals surface area (Å²) < 4.78 is 5.01. The molecule has 0 aliphatic carbocycles. The molecule has 2 N–H and O–H groups in total. The second-order valence-electron chi connectivity index (χ2n) is 4.38. The highest BCUT2D eigenvalue weighted by Gasteiger charge is 2.47. The monoisotopic (exact) mass is 227 g/mol. The van der Waals surface area contributed by atoms with Crippen LogP contribution in [-0.2, 0) is 4.74 Å². The Morgan fingerprint density at radius 1 is 1.62 bits per heavy atom. The third-order valence-corrected chi connectivity index (χ3v) is 3.62. The Hall–Kier alpha value is -1.10. The van der Waals surface area contributed by atoms with Crippen LogP contribution in [-0.4, -0.2) is 42.6 Å². The van der Waals surface area contributed by atoms with E-state index in [1.807, 2.05) is 6.92 Å². The van der Waals surface area contributed by atoms with Gasteiger partial charge in [0.25, 0.3) is 0 Å². The molecule has 0 radical (unpaired) electrons. The molecular formula is C11H21N3O2. The van der Waals surface area contributed by atoms with Crippen LogP contribution >= 0.6 is 0 Å². The number of carbonyl (C=O) groups is 1. The number of aliphatic imine (C=N–C) groups is 1. The second kappa shape index (κ2) is 4.82. The van der Waals surface area contributed by atoms with Crippen LogP contribution in [0.5, 0.6) is 0 Å². The van der Waals surface area contributed by atoms with Gasteiger partial charge in [0.1, 0.15) is 11.4 Å². The van der Waals surface area contributed by atoms with Crippen LogP contribution in [0.25, 0.3) is 0 Å². The Bertz CT molecular complexity index is 304. The van der Waals surface area contributed by atoms with E-state index in [-0.39, 0.29) is 11.9 Å². The normalized spacial score (nSPS) is 27.1. The van der Waals surface area contributed by atoms with E-state index in [4.69, 9.17) is 10.5 Å². The topological polar surface area (TPSA) is 67.9 Å². The molecule has 0 spiro atoms. The molecule has 16 heavy (non-hydrogen) atoms. The SMILES string of the molecule is CCC(C)C1(C)C(N)=NC(=O)N1CCOC. The van der Waals surface area contributed by atoms with Crippen LogP contribution in [0.3, 0.4) is 0 Å². The van der Waals surface area contributed by atoms with E-state index in [0.29, 0.717) is 19.0 Å². The van der Waals surface area contributed by atoms with Crippen molar-refractivity contribution in [3.63, 3.8) is 0 Å². The zero-order valence-electron chi connectivity index (χ0n) is 10.5. The lowest BCUT2D eigenvalue weighted by atomic mass is 9.83. The van der Waals surface area contributed by atoms with Crippen LogP contribution in [0.15, 0.2) is 4.99 Å². The highest BCUT2D eigenvalue weighted by Crippen LogP contribution is 2.32. The fraction of sp³-hybridized carbons (Fsp3) is 0.818. The molecule has 0 saturated heterocycles. The van der Waals surface area contributed by atoms with E-state index < -0.39 is 5.54 Å². The van der Waals surface area contributed by atoms with Gasteiger partial charge in [0.2, 0.25) is 0 Å². The summed E-state index contributed by atoms with van der Waals surface area (Å²) in [7, 11) is 1.62. The number of nitrogens with zero attached hydrogens (tertiary/aromatic N) is 2. The molecule has 0 fully saturated rings. The van der Waals surface area contributed by atoms with Crippen LogP contribution in [0, 0.1) is 5.92 Å². The summed E-state index contributed by atoms with van der Waals surface area (Å²) in [6.07, 6.45) is 0.948. The summed E-state index contributed by atoms with van der Waals surface area (Å²) in [6, 6.07) is -0.252. The number of ether oxygens (including phenoxy) is 1. The number of urea groups is 1. The summed E-state index contributed by atoms with van der Waals surface area (Å²) in [5, 5.41) is 0. The smallest absolute Gasteiger partial charge is 0.346 e. The van der Waals surface area contributed by atoms with Crippen LogP contribution in [0.1, 0.15) is 27.2 Å². The van der Waals surface area contributed by atoms with Crippen molar-refractivity contribution in [2.24, 2.45) is 16.6 Å². The van der Waals surface area contributed by atoms with Gasteiger partial charge in [-0.15, -0.1) is 0 Å². The Kier molecular flexibility index (Phi) is 3.91. The fourth-order valence-electron chi connectivity index (χ4n) is 2.04. The Morgan fingerprint density at radius 2 is 2.25 bits per heavy atom. The van der Waals surface area contributed by atoms with Crippen molar-refractivity contribution in [2.75, 3.05) is 20.3 Å². The average Bonchev–Trinajstić information content (AvgIpc) is 2.48. The Balaban J connectivity index is 2.93. The predicted octanol–water partition coefficient (Wildman–Crippen LogP) is 1.23. The van der Waals surface area contributed by atoms with Crippen molar-refractivity contribution in [2.45, 2.75) is 32.7 Å². The zero-order chi connectivity index (χ0) is 12.3. The van der Waals surface area contributed by atoms with Crippen LogP contribution in [0.2, 0.25) is 0 Å². The van der Waals surface area contributed by atoms with E-state index in [2.05, 4.69) is 18.8 Å². The van der Waals surface area contributed by atoms with Gasteiger partial charge in [-0.3, -0.25) is 0 Å². The molecule has 1 aliphatic heterocycles. The maximum absolute atomic E-state index is 11.7. The minimum Gasteiger partial charge on any atom is -0.385 e. The molecule has 0 bridgehead atoms. The minimum absolute atomic E-state index is 0.252. The van der Waals surface area contributed by atoms with Gasteiger partial charge in [-0.2, -0.15) is 4.99 Å². The molecule has 0 aromatic rings. The third-order valence-electron chi connectivity index (χ3n) is 3.62. The zero-order valence-corrected chi connectivity index (χ0v) is 10.5. The molecule has 1 aliphatic rings. The number of hydrogen-bond acceptors (Lipinski definition) is 3. The summed E-state index contributed by atoms with van der Waals surface area (Å²) in [6.45, 7) is 7.17. The summed E-state index contributed by atoms with van der Waals surface area (Å²) >= 11 is 0. The second-order valence-corrected chi connectivity index (χ2v) is 4.38. The fourth-order valence-corrected chi connectivity index (χ4v) is 2.04. The molecule has 0 aromatic heterocycles. The molecule has 0 saturated carbocycles. The molecule has 1 rings (SSSR count). The van der Waals surface area contributed by atoms with Crippen LogP contribution in [0.4, 0.5) is 4.79 Å². The first-order valence-corrected chi connectivity index (χ1v) is 5.63. The molecular weight excluding hydrogens is 206 g/mol. The number of amidine groups is 1. The number of methoxy groups -OCH3 is 1. The highest BCUT2D eigenvalue weighted by atomic mass is 16.5. The summed E-state index contributed by atoms with van der Waals surface area (Å²) in [5.41, 5.74) is 5.42. The van der Waals surface area contributed by atoms with E-state index in [1.54, 1.807) is 12.0 Å². The number of carbonyl (C=O) groups excluding carboxylic acids is 1. The lowest BCUT2D eigenvalue weighted by Gasteiger charge is -2.39. The largest absolute Gasteiger partial charge is 0.385 e. The number of rotatable bonds is 5. The molecule has 2 atom stereocenters. The van der Waals surface area contributed by atoms with Crippen molar-refractivity contribution in [3.8, 4) is 0 Å². The van der Waals surface area contributed by atoms with Gasteiger partial charge in [0, 0.05) is 13.7 Å². The van der Waals surface area contributed by atoms with Crippen molar-refractivity contribution in [3.05, 3.63) is 0 Å². The lowest BCUT2D eigenvalue weighted by Crippen LogP contribution is -2.56. The first kappa shape index (κ1) is 13.0. The molecule has 2 amide bonds. The van der Waals surface area contributed by atoms with E-state index in [9.17, 15) is 4.79 Å². The summed E-state index contributed by atoms with van der Waals surface area (Å²) in [5.74, 6) is 0.697. The van der Waals surface area contributed by atoms with Gasteiger partial charge in [-0.1, -0.05) is 20.3 Å². The number of hydrogen-bond donors (Lipinski definition) is 1. The van der Waals surface area contributed by atoms with Crippen molar-refractivity contribution >= 4 is 11.9 Å². The molecule has 5 nitrogen and oxygen atoms in total. The average molecular weight is 227 g/mol. The van der Waals surface area contributed by atoms with Crippen molar-refractivity contribution in [1.82, 2.24) is 4.90 Å². The predicted molar refractivity (Wildman–Crippen MR) is 63.5 cm³/mol. The van der Waals surface area contributed by atoms with E-state index >= 15 is 0 Å². The number of amides is 2. The van der Waals surface area contributed by atoms with Crippen molar-refractivity contribution < 1.29 is 9.53 Å². The van der Waals surface area contributed by atoms with E-state index in [1.165, 1.54) is 0 Å². The van der Waals surface area contributed by atoms with E-state index in [0.717, 1.165) is 6.42 Å². The summed E-state index contributed by atoms with van der Waals surface area (Å²) in [4.78, 5) is 17.3. The number of nitrogens with two attached hydrogens (primary N) is 1. The Labute approximate surface area is 96.7 Å². The maximum atomic E-state index is 11.7. The van der Waals surface area contributed by atoms with Crippen LogP contribution < -0.4 is 5.73 Å². The first-order valence-electron chi connectivity index (χ1n) is 5.63. The first-order chi connectivity index (χ1) is 7.48. The van der Waals surface area contributed by atoms with Gasteiger partial charge in [-0.25, -0.2) is 4.79 Å². The van der Waals surface area contributed by atoms with Gasteiger partial charge in [0.05, 0.1) is 6.61 Å². The van der Waals surface area contributed by atoms with Gasteiger partial charge >= 0.3 is 6.03 Å². The van der Waals surface area contributed by atoms with Gasteiger partial charge in [-0.05, 0) is 12.8 Å². The quantitative estimate of drug-likeness (QED) is 0.768. The molecule has 0 aromatic carbocycles. The molecule has 2 unspecified atom stereocenters. The van der Waals surface area contributed by atoms with Crippen molar-refractivity contribution in [1.29, 1.82) is 0 Å². The molecule has 92 valence electrons. The third kappa shape index (κ3) is 1.91. The van der Waals surface area contributed by atoms with Gasteiger partial charge in [0.15, 0.2) is 0 Å². The maximum Gasteiger partial charge on any atom is 0.346 e. The minimum atomic E-state index is -0.468. The lowest BCUT2D eigenvalue weighted by molar-refractivity contribution is 0.106. The molecule has 5 heteroatoms. The Morgan fingerprint density at radius 3 is 2.75 bits per heavy atom.